The second-order valence-electron chi connectivity index (χ2n) is 5.61. The number of benzene rings is 2. The van der Waals surface area contributed by atoms with Crippen LogP contribution in [-0.2, 0) is 0 Å². The van der Waals surface area contributed by atoms with Gasteiger partial charge in [0.05, 0.1) is 28.7 Å². The summed E-state index contributed by atoms with van der Waals surface area (Å²) in [5.74, 6) is 1.16. The van der Waals surface area contributed by atoms with Gasteiger partial charge in [0.25, 0.3) is 5.69 Å². The number of anilines is 3. The first-order chi connectivity index (χ1) is 13.5. The number of hydrogen-bond acceptors (Lipinski definition) is 9. The predicted octanol–water partition coefficient (Wildman–Crippen LogP) is 3.34. The van der Waals surface area contributed by atoms with Crippen LogP contribution in [0.1, 0.15) is 0 Å². The number of nitrogens with two attached hydrogens (primary N) is 3. The normalized spacial score (nSPS) is 10.1. The zero-order valence-corrected chi connectivity index (χ0v) is 14.5. The number of nitrogen functional groups attached to an aromatic ring is 3. The van der Waals surface area contributed by atoms with Gasteiger partial charge in [-0.15, -0.1) is 0 Å². The van der Waals surface area contributed by atoms with Crippen molar-refractivity contribution in [1.82, 2.24) is 9.97 Å². The highest BCUT2D eigenvalue weighted by atomic mass is 16.6. The molecule has 0 aliphatic rings. The van der Waals surface area contributed by atoms with Crippen LogP contribution >= 0.6 is 0 Å². The molecule has 28 heavy (non-hydrogen) atoms. The molecule has 0 atom stereocenters. The molecule has 0 unspecified atom stereocenters. The lowest BCUT2D eigenvalue weighted by Gasteiger charge is -2.01. The van der Waals surface area contributed by atoms with Gasteiger partial charge in [-0.05, 0) is 30.3 Å². The molecular formula is C18H16N6O4. The van der Waals surface area contributed by atoms with E-state index in [0.29, 0.717) is 28.5 Å². The standard InChI is InChI=1S/C9H7N3O3.C9H9N3O/c10-7-2-1-6(3-8(7)12(13)14)9-4-11-5-15-9;10-7-2-1-6(3-8(7)11)9-4-12-5-13-9/h1-5H,10H2;1-5H,10-11H2. The van der Waals surface area contributed by atoms with Gasteiger partial charge in [-0.25, -0.2) is 9.97 Å². The minimum atomic E-state index is -0.533. The third-order valence-corrected chi connectivity index (χ3v) is 3.75. The molecule has 0 spiro atoms. The molecule has 0 amide bonds. The Morgan fingerprint density at radius 3 is 1.79 bits per heavy atom. The van der Waals surface area contributed by atoms with Crippen molar-refractivity contribution in [3.8, 4) is 22.6 Å². The molecule has 0 saturated carbocycles. The fraction of sp³-hybridized carbons (Fsp3) is 0. The molecule has 4 aromatic rings. The number of nitrogens with zero attached hydrogens (tertiary/aromatic N) is 3. The number of oxazole rings is 2. The van der Waals surface area contributed by atoms with Crippen molar-refractivity contribution in [3.63, 3.8) is 0 Å². The van der Waals surface area contributed by atoms with Crippen LogP contribution in [0.5, 0.6) is 0 Å². The first kappa shape index (κ1) is 18.5. The minimum absolute atomic E-state index is 0.128. The fourth-order valence-electron chi connectivity index (χ4n) is 2.30. The van der Waals surface area contributed by atoms with Gasteiger partial charge in [-0.3, -0.25) is 10.1 Å². The zero-order valence-electron chi connectivity index (χ0n) is 14.5. The van der Waals surface area contributed by atoms with Crippen molar-refractivity contribution in [3.05, 3.63) is 71.7 Å². The van der Waals surface area contributed by atoms with Gasteiger partial charge in [-0.2, -0.15) is 0 Å². The van der Waals surface area contributed by atoms with E-state index in [0.717, 1.165) is 5.56 Å². The average molecular weight is 380 g/mol. The maximum Gasteiger partial charge on any atom is 0.292 e. The van der Waals surface area contributed by atoms with Gasteiger partial charge in [0, 0.05) is 17.2 Å². The van der Waals surface area contributed by atoms with E-state index in [2.05, 4.69) is 9.97 Å². The maximum atomic E-state index is 10.6. The lowest BCUT2D eigenvalue weighted by Crippen LogP contribution is -1.95. The quantitative estimate of drug-likeness (QED) is 0.273. The van der Waals surface area contributed by atoms with Gasteiger partial charge in [0.1, 0.15) is 5.69 Å². The van der Waals surface area contributed by atoms with Crippen molar-refractivity contribution in [2.45, 2.75) is 0 Å². The van der Waals surface area contributed by atoms with E-state index < -0.39 is 4.92 Å². The van der Waals surface area contributed by atoms with E-state index in [4.69, 9.17) is 26.0 Å². The lowest BCUT2D eigenvalue weighted by molar-refractivity contribution is -0.383. The maximum absolute atomic E-state index is 10.6. The molecule has 6 N–H and O–H groups in total. The summed E-state index contributed by atoms with van der Waals surface area (Å²) in [6.45, 7) is 0. The Bertz CT molecular complexity index is 1080. The van der Waals surface area contributed by atoms with Gasteiger partial charge in [0.2, 0.25) is 0 Å². The number of rotatable bonds is 3. The first-order valence-corrected chi connectivity index (χ1v) is 7.92. The Hall–Kier alpha value is -4.34. The Morgan fingerprint density at radius 2 is 1.32 bits per heavy atom. The largest absolute Gasteiger partial charge is 0.444 e. The summed E-state index contributed by atoms with van der Waals surface area (Å²) >= 11 is 0. The monoisotopic (exact) mass is 380 g/mol. The number of aromatic nitrogens is 2. The van der Waals surface area contributed by atoms with E-state index in [1.807, 2.05) is 6.07 Å². The fourth-order valence-corrected chi connectivity index (χ4v) is 2.30. The van der Waals surface area contributed by atoms with Crippen LogP contribution in [0.15, 0.2) is 70.4 Å². The molecular weight excluding hydrogens is 364 g/mol. The predicted molar refractivity (Wildman–Crippen MR) is 104 cm³/mol. The molecule has 2 heterocycles. The topological polar surface area (TPSA) is 173 Å². The van der Waals surface area contributed by atoms with Gasteiger partial charge >= 0.3 is 0 Å². The van der Waals surface area contributed by atoms with Crippen LogP contribution in [-0.4, -0.2) is 14.9 Å². The molecule has 142 valence electrons. The van der Waals surface area contributed by atoms with E-state index in [-0.39, 0.29) is 11.4 Å². The number of nitro groups is 1. The van der Waals surface area contributed by atoms with E-state index >= 15 is 0 Å². The molecule has 0 saturated heterocycles. The highest BCUT2D eigenvalue weighted by Crippen LogP contribution is 2.28. The van der Waals surface area contributed by atoms with Gasteiger partial charge < -0.3 is 26.0 Å². The van der Waals surface area contributed by atoms with Crippen molar-refractivity contribution >= 4 is 22.7 Å². The first-order valence-electron chi connectivity index (χ1n) is 7.92. The molecule has 2 aromatic heterocycles. The van der Waals surface area contributed by atoms with Gasteiger partial charge in [-0.1, -0.05) is 0 Å². The van der Waals surface area contributed by atoms with Crippen LogP contribution in [0.2, 0.25) is 0 Å². The highest BCUT2D eigenvalue weighted by molar-refractivity contribution is 5.72. The minimum Gasteiger partial charge on any atom is -0.444 e. The van der Waals surface area contributed by atoms with Crippen LogP contribution in [0.25, 0.3) is 22.6 Å². The average Bonchev–Trinajstić information content (AvgIpc) is 3.38. The molecule has 0 aliphatic heterocycles. The number of nitro benzene ring substituents is 1. The summed E-state index contributed by atoms with van der Waals surface area (Å²) in [4.78, 5) is 17.6. The van der Waals surface area contributed by atoms with Crippen LogP contribution < -0.4 is 17.2 Å². The smallest absolute Gasteiger partial charge is 0.292 e. The molecule has 10 nitrogen and oxygen atoms in total. The Morgan fingerprint density at radius 1 is 0.786 bits per heavy atom. The van der Waals surface area contributed by atoms with Crippen LogP contribution in [0.3, 0.4) is 0 Å². The SMILES string of the molecule is Nc1ccc(-c2cnco2)cc1N.Nc1ccc(-c2cnco2)cc1[N+](=O)[O-]. The Labute approximate surface area is 158 Å². The van der Waals surface area contributed by atoms with E-state index in [1.54, 1.807) is 24.4 Å². The molecule has 0 fully saturated rings. The summed E-state index contributed by atoms with van der Waals surface area (Å²) in [5, 5.41) is 10.6. The van der Waals surface area contributed by atoms with Crippen molar-refractivity contribution in [2.24, 2.45) is 0 Å². The molecule has 2 aromatic carbocycles. The van der Waals surface area contributed by atoms with Gasteiger partial charge in [0.15, 0.2) is 24.3 Å². The van der Waals surface area contributed by atoms with E-state index in [1.165, 1.54) is 31.1 Å². The molecule has 0 aliphatic carbocycles. The summed E-state index contributed by atoms with van der Waals surface area (Å²) < 4.78 is 10.1. The molecule has 4 rings (SSSR count). The van der Waals surface area contributed by atoms with Crippen molar-refractivity contribution in [1.29, 1.82) is 0 Å². The highest BCUT2D eigenvalue weighted by Gasteiger charge is 2.13. The number of hydrogen-bond donors (Lipinski definition) is 3. The zero-order chi connectivity index (χ0) is 20.1. The Kier molecular flexibility index (Phi) is 5.21. The summed E-state index contributed by atoms with van der Waals surface area (Å²) in [5.41, 5.74) is 19.2. The van der Waals surface area contributed by atoms with Crippen molar-refractivity contribution in [2.75, 3.05) is 17.2 Å². The van der Waals surface area contributed by atoms with Crippen LogP contribution in [0, 0.1) is 10.1 Å². The van der Waals surface area contributed by atoms with E-state index in [9.17, 15) is 10.1 Å². The Balaban J connectivity index is 0.000000162. The summed E-state index contributed by atoms with van der Waals surface area (Å²) in [7, 11) is 0. The van der Waals surface area contributed by atoms with Crippen molar-refractivity contribution < 1.29 is 13.8 Å². The molecule has 10 heteroatoms. The lowest BCUT2D eigenvalue weighted by atomic mass is 10.1. The summed E-state index contributed by atoms with van der Waals surface area (Å²) in [6.07, 6.45) is 5.75. The third-order valence-electron chi connectivity index (χ3n) is 3.75. The van der Waals surface area contributed by atoms with Crippen LogP contribution in [0.4, 0.5) is 22.7 Å². The third kappa shape index (κ3) is 4.07. The molecule has 0 radical (unpaired) electrons. The summed E-state index contributed by atoms with van der Waals surface area (Å²) in [6, 6.07) is 9.81. The second kappa shape index (κ2) is 7.91. The second-order valence-corrected chi connectivity index (χ2v) is 5.61. The molecule has 0 bridgehead atoms.